The van der Waals surface area contributed by atoms with Gasteiger partial charge in [-0.2, -0.15) is 4.39 Å². The first kappa shape index (κ1) is 19.1. The molecular formula is C12H15BrClF2NO3. The van der Waals surface area contributed by atoms with E-state index in [9.17, 15) is 18.7 Å². The molecule has 4 nitrogen and oxygen atoms in total. The van der Waals surface area contributed by atoms with Gasteiger partial charge in [0.25, 0.3) is 0 Å². The number of benzene rings is 1. The van der Waals surface area contributed by atoms with Crippen LogP contribution in [0.25, 0.3) is 0 Å². The average molecular weight is 375 g/mol. The van der Waals surface area contributed by atoms with E-state index < -0.39 is 34.8 Å². The number of ether oxygens (including phenoxy) is 1. The Morgan fingerprint density at radius 3 is 2.40 bits per heavy atom. The highest BCUT2D eigenvalue weighted by molar-refractivity contribution is 9.10. The zero-order valence-corrected chi connectivity index (χ0v) is 13.4. The largest absolute Gasteiger partial charge is 0.505 e. The van der Waals surface area contributed by atoms with Gasteiger partial charge in [0.05, 0.1) is 17.0 Å². The molecule has 0 spiro atoms. The summed E-state index contributed by atoms with van der Waals surface area (Å²) in [6, 6.07) is 0.0784. The Morgan fingerprint density at radius 1 is 1.45 bits per heavy atom. The fraction of sp³-hybridized carbons (Fsp3) is 0.417. The summed E-state index contributed by atoms with van der Waals surface area (Å²) in [5.74, 6) is -4.17. The molecule has 0 unspecified atom stereocenters. The summed E-state index contributed by atoms with van der Waals surface area (Å²) in [5.41, 5.74) is 4.57. The predicted molar refractivity (Wildman–Crippen MR) is 75.7 cm³/mol. The second kappa shape index (κ2) is 6.69. The first-order valence-corrected chi connectivity index (χ1v) is 6.14. The molecule has 1 aromatic rings. The SMILES string of the molecule is COC(=O)C(C)(C)[C@@H](N)c1cc(Br)c(F)c(F)c1O.Cl. The summed E-state index contributed by atoms with van der Waals surface area (Å²) in [5, 5.41) is 9.62. The number of phenolic OH excluding ortho intramolecular Hbond substituents is 1. The van der Waals surface area contributed by atoms with E-state index in [2.05, 4.69) is 20.7 Å². The minimum atomic E-state index is -1.42. The molecular weight excluding hydrogens is 359 g/mol. The number of nitrogens with two attached hydrogens (primary N) is 1. The van der Waals surface area contributed by atoms with Crippen LogP contribution in [0.2, 0.25) is 0 Å². The molecule has 0 aliphatic heterocycles. The molecule has 20 heavy (non-hydrogen) atoms. The normalized spacial score (nSPS) is 12.6. The highest BCUT2D eigenvalue weighted by Crippen LogP contribution is 2.40. The van der Waals surface area contributed by atoms with Gasteiger partial charge in [0.1, 0.15) is 0 Å². The van der Waals surface area contributed by atoms with Crippen LogP contribution >= 0.6 is 28.3 Å². The van der Waals surface area contributed by atoms with Crippen LogP contribution in [0.4, 0.5) is 8.78 Å². The molecule has 0 aromatic heterocycles. The van der Waals surface area contributed by atoms with Crippen molar-refractivity contribution in [1.82, 2.24) is 0 Å². The highest BCUT2D eigenvalue weighted by atomic mass is 79.9. The summed E-state index contributed by atoms with van der Waals surface area (Å²) in [7, 11) is 1.19. The number of phenols is 1. The third kappa shape index (κ3) is 3.21. The van der Waals surface area contributed by atoms with E-state index in [4.69, 9.17) is 5.73 Å². The van der Waals surface area contributed by atoms with Gasteiger partial charge in [-0.05, 0) is 35.8 Å². The lowest BCUT2D eigenvalue weighted by molar-refractivity contribution is -0.152. The van der Waals surface area contributed by atoms with Gasteiger partial charge in [-0.15, -0.1) is 12.4 Å². The minimum absolute atomic E-state index is 0. The Bertz CT molecular complexity index is 526. The maximum atomic E-state index is 13.5. The van der Waals surface area contributed by atoms with Crippen molar-refractivity contribution in [3.05, 3.63) is 27.7 Å². The lowest BCUT2D eigenvalue weighted by Crippen LogP contribution is -2.37. The lowest BCUT2D eigenvalue weighted by Gasteiger charge is -2.29. The summed E-state index contributed by atoms with van der Waals surface area (Å²) in [6.07, 6.45) is 0. The quantitative estimate of drug-likeness (QED) is 0.630. The van der Waals surface area contributed by atoms with Crippen molar-refractivity contribution in [2.75, 3.05) is 7.11 Å². The Kier molecular flexibility index (Phi) is 6.38. The number of carbonyl (C=O) groups is 1. The topological polar surface area (TPSA) is 72.5 Å². The Hall–Kier alpha value is -0.920. The predicted octanol–water partition coefficient (Wildman–Crippen LogP) is 3.05. The minimum Gasteiger partial charge on any atom is -0.505 e. The molecule has 3 N–H and O–H groups in total. The third-order valence-corrected chi connectivity index (χ3v) is 3.57. The Labute approximate surface area is 129 Å². The zero-order valence-electron chi connectivity index (χ0n) is 11.0. The van der Waals surface area contributed by atoms with Crippen LogP contribution in [0.5, 0.6) is 5.75 Å². The Morgan fingerprint density at radius 2 is 1.95 bits per heavy atom. The molecule has 1 rings (SSSR count). The first-order chi connectivity index (χ1) is 8.64. The van der Waals surface area contributed by atoms with Crippen molar-refractivity contribution in [3.8, 4) is 5.75 Å². The molecule has 0 saturated heterocycles. The van der Waals surface area contributed by atoms with Gasteiger partial charge in [0.2, 0.25) is 5.82 Å². The summed E-state index contributed by atoms with van der Waals surface area (Å²) in [6.45, 7) is 2.97. The number of carbonyl (C=O) groups excluding carboxylic acids is 1. The zero-order chi connectivity index (χ0) is 15.0. The van der Waals surface area contributed by atoms with Crippen molar-refractivity contribution < 1.29 is 23.4 Å². The maximum Gasteiger partial charge on any atom is 0.313 e. The van der Waals surface area contributed by atoms with Gasteiger partial charge < -0.3 is 15.6 Å². The van der Waals surface area contributed by atoms with Crippen molar-refractivity contribution in [3.63, 3.8) is 0 Å². The molecule has 0 bridgehead atoms. The van der Waals surface area contributed by atoms with Crippen molar-refractivity contribution in [2.24, 2.45) is 11.1 Å². The Balaban J connectivity index is 0.00000361. The smallest absolute Gasteiger partial charge is 0.313 e. The molecule has 0 aliphatic carbocycles. The average Bonchev–Trinajstić information content (AvgIpc) is 2.38. The number of hydrogen-bond acceptors (Lipinski definition) is 4. The van der Waals surface area contributed by atoms with E-state index in [-0.39, 0.29) is 22.4 Å². The number of rotatable bonds is 3. The van der Waals surface area contributed by atoms with Crippen LogP contribution in [0.15, 0.2) is 10.5 Å². The maximum absolute atomic E-state index is 13.5. The number of methoxy groups -OCH3 is 1. The summed E-state index contributed by atoms with van der Waals surface area (Å²) in [4.78, 5) is 11.6. The molecule has 0 amide bonds. The van der Waals surface area contributed by atoms with Gasteiger partial charge in [0, 0.05) is 11.6 Å². The van der Waals surface area contributed by atoms with Crippen LogP contribution in [-0.4, -0.2) is 18.2 Å². The first-order valence-electron chi connectivity index (χ1n) is 5.35. The molecule has 114 valence electrons. The van der Waals surface area contributed by atoms with Gasteiger partial charge in [-0.25, -0.2) is 4.39 Å². The van der Waals surface area contributed by atoms with Crippen LogP contribution in [-0.2, 0) is 9.53 Å². The van der Waals surface area contributed by atoms with Crippen LogP contribution < -0.4 is 5.73 Å². The van der Waals surface area contributed by atoms with E-state index in [1.807, 2.05) is 0 Å². The molecule has 0 saturated carbocycles. The van der Waals surface area contributed by atoms with E-state index in [1.54, 1.807) is 0 Å². The molecule has 0 heterocycles. The van der Waals surface area contributed by atoms with E-state index in [1.165, 1.54) is 21.0 Å². The van der Waals surface area contributed by atoms with Crippen molar-refractivity contribution in [1.29, 1.82) is 0 Å². The number of esters is 1. The lowest BCUT2D eigenvalue weighted by atomic mass is 9.80. The standard InChI is InChI=1S/C12H14BrF2NO3.ClH/c1-12(2,11(18)19-3)10(16)5-4-6(13)7(14)8(15)9(5)17;/h4,10,17H,16H2,1-3H3;1H/t10-;/m0./s1. The van der Waals surface area contributed by atoms with E-state index in [0.717, 1.165) is 6.07 Å². The van der Waals surface area contributed by atoms with Gasteiger partial charge in [-0.1, -0.05) is 0 Å². The van der Waals surface area contributed by atoms with Gasteiger partial charge in [0.15, 0.2) is 11.6 Å². The second-order valence-electron chi connectivity index (χ2n) is 4.62. The monoisotopic (exact) mass is 373 g/mol. The van der Waals surface area contributed by atoms with E-state index in [0.29, 0.717) is 0 Å². The van der Waals surface area contributed by atoms with E-state index >= 15 is 0 Å². The van der Waals surface area contributed by atoms with Crippen LogP contribution in [0, 0.1) is 17.0 Å². The number of halogens is 4. The van der Waals surface area contributed by atoms with Crippen LogP contribution in [0.1, 0.15) is 25.5 Å². The fourth-order valence-electron chi connectivity index (χ4n) is 1.62. The van der Waals surface area contributed by atoms with Crippen molar-refractivity contribution >= 4 is 34.3 Å². The molecule has 0 aliphatic rings. The number of aromatic hydroxyl groups is 1. The molecule has 0 fully saturated rings. The molecule has 0 radical (unpaired) electrons. The fourth-order valence-corrected chi connectivity index (χ4v) is 2.04. The summed E-state index contributed by atoms with van der Waals surface area (Å²) < 4.78 is 31.1. The van der Waals surface area contributed by atoms with Crippen molar-refractivity contribution in [2.45, 2.75) is 19.9 Å². The highest BCUT2D eigenvalue weighted by Gasteiger charge is 2.39. The van der Waals surface area contributed by atoms with Crippen LogP contribution in [0.3, 0.4) is 0 Å². The third-order valence-electron chi connectivity index (χ3n) is 2.99. The molecule has 1 atom stereocenters. The molecule has 1 aromatic carbocycles. The summed E-state index contributed by atoms with van der Waals surface area (Å²) >= 11 is 2.82. The van der Waals surface area contributed by atoms with Gasteiger partial charge in [-0.3, -0.25) is 4.79 Å². The second-order valence-corrected chi connectivity index (χ2v) is 5.47. The molecule has 8 heteroatoms. The number of hydrogen-bond donors (Lipinski definition) is 2. The van der Waals surface area contributed by atoms with Gasteiger partial charge >= 0.3 is 5.97 Å².